The Morgan fingerprint density at radius 3 is 2.70 bits per heavy atom. The molecule has 0 unspecified atom stereocenters. The van der Waals surface area contributed by atoms with Gasteiger partial charge in [0.15, 0.2) is 0 Å². The fraction of sp³-hybridized carbons (Fsp3) is 0.500. The van der Waals surface area contributed by atoms with Crippen molar-refractivity contribution in [3.8, 4) is 0 Å². The monoisotopic (exact) mass is 281 g/mol. The first-order chi connectivity index (χ1) is 9.60. The number of carbonyl (C=O) groups is 1. The van der Waals surface area contributed by atoms with E-state index in [1.54, 1.807) is 11.0 Å². The first-order valence-corrected chi connectivity index (χ1v) is 6.75. The zero-order chi connectivity index (χ0) is 14.5. The van der Waals surface area contributed by atoms with Crippen LogP contribution >= 0.6 is 0 Å². The lowest BCUT2D eigenvalue weighted by molar-refractivity contribution is 0.127. The third-order valence-electron chi connectivity index (χ3n) is 3.52. The Morgan fingerprint density at radius 1 is 1.35 bits per heavy atom. The molecule has 0 aromatic heterocycles. The molecule has 5 nitrogen and oxygen atoms in total. The molecule has 20 heavy (non-hydrogen) atoms. The molecule has 1 aliphatic rings. The van der Waals surface area contributed by atoms with E-state index in [0.717, 1.165) is 18.7 Å². The number of rotatable bonds is 3. The number of amides is 2. The predicted molar refractivity (Wildman–Crippen MR) is 75.3 cm³/mol. The molecule has 0 aliphatic carbocycles. The number of halogens is 1. The quantitative estimate of drug-likeness (QED) is 0.877. The SMILES string of the molecule is Cc1ccc(F)cc1NC(=O)N1CCN(CCO)CC1. The third-order valence-corrected chi connectivity index (χ3v) is 3.52. The Morgan fingerprint density at radius 2 is 2.05 bits per heavy atom. The van der Waals surface area contributed by atoms with Gasteiger partial charge in [-0.25, -0.2) is 9.18 Å². The minimum absolute atomic E-state index is 0.134. The maximum absolute atomic E-state index is 13.2. The van der Waals surface area contributed by atoms with Gasteiger partial charge in [0.2, 0.25) is 0 Å². The van der Waals surface area contributed by atoms with Gasteiger partial charge in [-0.15, -0.1) is 0 Å². The first-order valence-electron chi connectivity index (χ1n) is 6.75. The number of β-amino-alcohol motifs (C(OH)–C–C–N with tert-alkyl or cyclic N) is 1. The number of aliphatic hydroxyl groups excluding tert-OH is 1. The fourth-order valence-corrected chi connectivity index (χ4v) is 2.24. The van der Waals surface area contributed by atoms with E-state index in [0.29, 0.717) is 25.3 Å². The summed E-state index contributed by atoms with van der Waals surface area (Å²) in [6, 6.07) is 4.14. The number of nitrogens with zero attached hydrogens (tertiary/aromatic N) is 2. The van der Waals surface area contributed by atoms with Gasteiger partial charge in [-0.1, -0.05) is 6.07 Å². The Bertz CT molecular complexity index is 473. The number of anilines is 1. The van der Waals surface area contributed by atoms with E-state index in [1.165, 1.54) is 12.1 Å². The van der Waals surface area contributed by atoms with Crippen LogP contribution in [-0.2, 0) is 0 Å². The van der Waals surface area contributed by atoms with Crippen LogP contribution in [-0.4, -0.2) is 60.3 Å². The second-order valence-corrected chi connectivity index (χ2v) is 4.94. The van der Waals surface area contributed by atoms with Gasteiger partial charge < -0.3 is 15.3 Å². The Hall–Kier alpha value is -1.66. The van der Waals surface area contributed by atoms with Gasteiger partial charge in [0, 0.05) is 38.4 Å². The summed E-state index contributed by atoms with van der Waals surface area (Å²) in [4.78, 5) is 15.9. The molecule has 1 heterocycles. The highest BCUT2D eigenvalue weighted by Gasteiger charge is 2.21. The van der Waals surface area contributed by atoms with Crippen LogP contribution in [0.15, 0.2) is 18.2 Å². The fourth-order valence-electron chi connectivity index (χ4n) is 2.24. The minimum Gasteiger partial charge on any atom is -0.395 e. The van der Waals surface area contributed by atoms with Crippen molar-refractivity contribution in [2.24, 2.45) is 0 Å². The van der Waals surface area contributed by atoms with Crippen molar-refractivity contribution in [3.63, 3.8) is 0 Å². The summed E-state index contributed by atoms with van der Waals surface area (Å²) in [5.41, 5.74) is 1.34. The number of hydrogen-bond acceptors (Lipinski definition) is 3. The number of benzene rings is 1. The van der Waals surface area contributed by atoms with E-state index in [-0.39, 0.29) is 18.5 Å². The molecule has 110 valence electrons. The van der Waals surface area contributed by atoms with Crippen LogP contribution in [0.25, 0.3) is 0 Å². The summed E-state index contributed by atoms with van der Waals surface area (Å²) in [6.07, 6.45) is 0. The molecule has 1 aliphatic heterocycles. The van der Waals surface area contributed by atoms with Crippen LogP contribution < -0.4 is 5.32 Å². The Balaban J connectivity index is 1.91. The second kappa shape index (κ2) is 6.67. The average Bonchev–Trinajstić information content (AvgIpc) is 2.44. The zero-order valence-corrected chi connectivity index (χ0v) is 11.6. The van der Waals surface area contributed by atoms with E-state index in [4.69, 9.17) is 5.11 Å². The number of piperazine rings is 1. The van der Waals surface area contributed by atoms with Gasteiger partial charge in [-0.3, -0.25) is 4.90 Å². The highest BCUT2D eigenvalue weighted by Crippen LogP contribution is 2.16. The largest absolute Gasteiger partial charge is 0.395 e. The van der Waals surface area contributed by atoms with Crippen LogP contribution in [0, 0.1) is 12.7 Å². The van der Waals surface area contributed by atoms with Gasteiger partial charge in [0.25, 0.3) is 0 Å². The van der Waals surface area contributed by atoms with Crippen molar-refractivity contribution in [3.05, 3.63) is 29.6 Å². The highest BCUT2D eigenvalue weighted by molar-refractivity contribution is 5.90. The molecule has 2 rings (SSSR count). The molecule has 1 aromatic carbocycles. The highest BCUT2D eigenvalue weighted by atomic mass is 19.1. The van der Waals surface area contributed by atoms with Crippen molar-refractivity contribution in [1.29, 1.82) is 0 Å². The Kier molecular flexibility index (Phi) is 4.92. The van der Waals surface area contributed by atoms with E-state index in [9.17, 15) is 9.18 Å². The lowest BCUT2D eigenvalue weighted by atomic mass is 10.2. The standard InChI is InChI=1S/C14H20FN3O2/c1-11-2-3-12(15)10-13(11)16-14(20)18-6-4-17(5-7-18)8-9-19/h2-3,10,19H,4-9H2,1H3,(H,16,20). The first kappa shape index (κ1) is 14.7. The lowest BCUT2D eigenvalue weighted by Gasteiger charge is -2.34. The topological polar surface area (TPSA) is 55.8 Å². The van der Waals surface area contributed by atoms with E-state index < -0.39 is 0 Å². The molecule has 2 N–H and O–H groups in total. The number of aryl methyl sites for hydroxylation is 1. The van der Waals surface area contributed by atoms with Crippen LogP contribution in [0.1, 0.15) is 5.56 Å². The number of nitrogens with one attached hydrogen (secondary N) is 1. The molecule has 0 saturated carbocycles. The summed E-state index contributed by atoms with van der Waals surface area (Å²) >= 11 is 0. The zero-order valence-electron chi connectivity index (χ0n) is 11.6. The average molecular weight is 281 g/mol. The van der Waals surface area contributed by atoms with Crippen molar-refractivity contribution in [2.75, 3.05) is 44.6 Å². The van der Waals surface area contributed by atoms with Crippen LogP contribution in [0.3, 0.4) is 0 Å². The number of aliphatic hydroxyl groups is 1. The van der Waals surface area contributed by atoms with Crippen LogP contribution in [0.5, 0.6) is 0 Å². The van der Waals surface area contributed by atoms with Gasteiger partial charge in [-0.2, -0.15) is 0 Å². The molecule has 1 fully saturated rings. The van der Waals surface area contributed by atoms with Gasteiger partial charge in [0.1, 0.15) is 5.82 Å². The molecule has 0 atom stereocenters. The molecule has 6 heteroatoms. The molecule has 0 spiro atoms. The third kappa shape index (κ3) is 3.68. The maximum Gasteiger partial charge on any atom is 0.321 e. The summed E-state index contributed by atoms with van der Waals surface area (Å²) in [6.45, 7) is 5.31. The van der Waals surface area contributed by atoms with Crippen molar-refractivity contribution < 1.29 is 14.3 Å². The molecule has 1 aromatic rings. The lowest BCUT2D eigenvalue weighted by Crippen LogP contribution is -2.50. The van der Waals surface area contributed by atoms with Gasteiger partial charge >= 0.3 is 6.03 Å². The smallest absolute Gasteiger partial charge is 0.321 e. The van der Waals surface area contributed by atoms with E-state index in [1.807, 2.05) is 6.92 Å². The predicted octanol–water partition coefficient (Wildman–Crippen LogP) is 1.28. The summed E-state index contributed by atoms with van der Waals surface area (Å²) in [5, 5.41) is 11.6. The number of carbonyl (C=O) groups excluding carboxylic acids is 1. The van der Waals surface area contributed by atoms with E-state index >= 15 is 0 Å². The van der Waals surface area contributed by atoms with Crippen molar-refractivity contribution in [2.45, 2.75) is 6.92 Å². The maximum atomic E-state index is 13.2. The van der Waals surface area contributed by atoms with Crippen LogP contribution in [0.4, 0.5) is 14.9 Å². The summed E-state index contributed by atoms with van der Waals surface area (Å²) in [7, 11) is 0. The van der Waals surface area contributed by atoms with Crippen molar-refractivity contribution >= 4 is 11.7 Å². The molecule has 0 radical (unpaired) electrons. The van der Waals surface area contributed by atoms with Crippen LogP contribution in [0.2, 0.25) is 0 Å². The summed E-state index contributed by atoms with van der Waals surface area (Å²) in [5.74, 6) is -0.362. The Labute approximate surface area is 118 Å². The molecular formula is C14H20FN3O2. The molecular weight excluding hydrogens is 261 g/mol. The van der Waals surface area contributed by atoms with E-state index in [2.05, 4.69) is 10.2 Å². The van der Waals surface area contributed by atoms with Gasteiger partial charge in [-0.05, 0) is 24.6 Å². The van der Waals surface area contributed by atoms with Crippen molar-refractivity contribution in [1.82, 2.24) is 9.80 Å². The molecule has 0 bridgehead atoms. The molecule has 2 amide bonds. The molecule has 1 saturated heterocycles. The summed E-state index contributed by atoms with van der Waals surface area (Å²) < 4.78 is 13.2. The minimum atomic E-state index is -0.362. The number of urea groups is 1. The second-order valence-electron chi connectivity index (χ2n) is 4.94. The van der Waals surface area contributed by atoms with Gasteiger partial charge in [0.05, 0.1) is 6.61 Å². The number of hydrogen-bond donors (Lipinski definition) is 2. The normalized spacial score (nSPS) is 16.2.